The maximum atomic E-state index is 13.9. The average Bonchev–Trinajstić information content (AvgIpc) is 3.01. The van der Waals surface area contributed by atoms with Gasteiger partial charge in [-0.25, -0.2) is 9.59 Å². The van der Waals surface area contributed by atoms with Crippen LogP contribution in [0.15, 0.2) is 66.7 Å². The summed E-state index contributed by atoms with van der Waals surface area (Å²) < 4.78 is 11.1. The van der Waals surface area contributed by atoms with Crippen molar-refractivity contribution < 1.29 is 19.1 Å². The molecule has 0 unspecified atom stereocenters. The highest BCUT2D eigenvalue weighted by Gasteiger charge is 2.28. The molecule has 0 aromatic heterocycles. The third-order valence-corrected chi connectivity index (χ3v) is 7.76. The fraction of sp³-hybridized carbons (Fsp3) is 0.459. The van der Waals surface area contributed by atoms with Crippen LogP contribution < -0.4 is 4.74 Å². The molecule has 0 saturated carbocycles. The molecule has 0 atom stereocenters. The molecule has 0 saturated heterocycles. The van der Waals surface area contributed by atoms with Gasteiger partial charge in [-0.2, -0.15) is 0 Å². The fourth-order valence-electron chi connectivity index (χ4n) is 5.53. The van der Waals surface area contributed by atoms with E-state index in [1.807, 2.05) is 42.5 Å². The molecule has 0 fully saturated rings. The monoisotopic (exact) mass is 556 g/mol. The van der Waals surface area contributed by atoms with Crippen LogP contribution in [-0.4, -0.2) is 19.0 Å². The molecule has 3 rings (SSSR count). The summed E-state index contributed by atoms with van der Waals surface area (Å²) in [6.07, 6.45) is 15.6. The number of carbonyl (C=O) groups is 2. The summed E-state index contributed by atoms with van der Waals surface area (Å²) in [7, 11) is 1.37. The number of ether oxygens (including phenoxy) is 2. The van der Waals surface area contributed by atoms with Gasteiger partial charge < -0.3 is 9.47 Å². The highest BCUT2D eigenvalue weighted by atomic mass is 16.5. The first-order chi connectivity index (χ1) is 20.1. The zero-order valence-electron chi connectivity index (χ0n) is 25.4. The molecule has 41 heavy (non-hydrogen) atoms. The summed E-state index contributed by atoms with van der Waals surface area (Å²) in [6.45, 7) is 4.46. The molecule has 4 heteroatoms. The average molecular weight is 557 g/mol. The molecular formula is C37H48O4. The lowest BCUT2D eigenvalue weighted by Gasteiger charge is -2.22. The van der Waals surface area contributed by atoms with Crippen molar-refractivity contribution in [1.82, 2.24) is 0 Å². The lowest BCUT2D eigenvalue weighted by atomic mass is 9.83. The molecule has 0 N–H and O–H groups in total. The predicted molar refractivity (Wildman–Crippen MR) is 169 cm³/mol. The van der Waals surface area contributed by atoms with Crippen molar-refractivity contribution in [3.8, 4) is 16.9 Å². The number of rotatable bonds is 18. The Bertz CT molecular complexity index is 1200. The van der Waals surface area contributed by atoms with Gasteiger partial charge in [0.25, 0.3) is 0 Å². The summed E-state index contributed by atoms with van der Waals surface area (Å²) in [5, 5.41) is 0. The van der Waals surface area contributed by atoms with Gasteiger partial charge in [0.2, 0.25) is 0 Å². The number of para-hydroxylation sites is 1. The van der Waals surface area contributed by atoms with Crippen LogP contribution in [-0.2, 0) is 17.6 Å². The van der Waals surface area contributed by atoms with Crippen molar-refractivity contribution in [2.45, 2.75) is 104 Å². The second kappa shape index (κ2) is 18.1. The summed E-state index contributed by atoms with van der Waals surface area (Å²) >= 11 is 0. The molecule has 0 aliphatic heterocycles. The van der Waals surface area contributed by atoms with Crippen molar-refractivity contribution >= 4 is 11.9 Å². The number of hydrogen-bond donors (Lipinski definition) is 0. The lowest BCUT2D eigenvalue weighted by molar-refractivity contribution is 0.0587. The Morgan fingerprint density at radius 3 is 1.68 bits per heavy atom. The van der Waals surface area contributed by atoms with Gasteiger partial charge in [-0.15, -0.1) is 0 Å². The van der Waals surface area contributed by atoms with Crippen molar-refractivity contribution in [3.05, 3.63) is 89.0 Å². The largest absolute Gasteiger partial charge is 0.465 e. The second-order valence-electron chi connectivity index (χ2n) is 10.9. The number of hydrogen-bond acceptors (Lipinski definition) is 4. The second-order valence-corrected chi connectivity index (χ2v) is 10.9. The molecule has 0 spiro atoms. The molecule has 0 aliphatic carbocycles. The van der Waals surface area contributed by atoms with Crippen molar-refractivity contribution in [1.29, 1.82) is 0 Å². The van der Waals surface area contributed by atoms with Crippen molar-refractivity contribution in [2.24, 2.45) is 0 Å². The number of carbonyl (C=O) groups excluding carboxylic acids is 2. The Labute approximate surface area is 247 Å². The minimum absolute atomic E-state index is 0.278. The van der Waals surface area contributed by atoms with E-state index >= 15 is 0 Å². The molecule has 4 nitrogen and oxygen atoms in total. The third-order valence-electron chi connectivity index (χ3n) is 7.76. The molecule has 0 heterocycles. The molecule has 3 aromatic rings. The Morgan fingerprint density at radius 2 is 1.12 bits per heavy atom. The van der Waals surface area contributed by atoms with Gasteiger partial charge in [-0.1, -0.05) is 127 Å². The Balaban J connectivity index is 2.10. The first kappa shape index (κ1) is 32.1. The number of esters is 2. The minimum atomic E-state index is -0.516. The fourth-order valence-corrected chi connectivity index (χ4v) is 5.53. The summed E-state index contributed by atoms with van der Waals surface area (Å²) in [5.74, 6) is -0.553. The van der Waals surface area contributed by atoms with Crippen LogP contribution in [0.2, 0.25) is 0 Å². The SMILES string of the molecule is CCCCCCCCc1c(-c2ccccc2)cc(C(=O)OC)c(C(=O)Oc2ccccc2)c1CCCCCCCC. The van der Waals surface area contributed by atoms with Gasteiger partial charge in [-0.3, -0.25) is 0 Å². The van der Waals surface area contributed by atoms with E-state index in [0.29, 0.717) is 11.3 Å². The number of unbranched alkanes of at least 4 members (excludes halogenated alkanes) is 10. The standard InChI is InChI=1S/C37H48O4/c1-4-6-8-10-12-20-26-31-32(27-21-13-11-9-7-5-2)35(37(39)41-30-24-18-15-19-25-30)34(36(38)40-3)28-33(31)29-22-16-14-17-23-29/h14-19,22-25,28H,4-13,20-21,26-27H2,1-3H3. The van der Waals surface area contributed by atoms with Crippen molar-refractivity contribution in [2.75, 3.05) is 7.11 Å². The van der Waals surface area contributed by atoms with Crippen molar-refractivity contribution in [3.63, 3.8) is 0 Å². The molecule has 220 valence electrons. The van der Waals surface area contributed by atoms with Gasteiger partial charge in [0.05, 0.1) is 18.2 Å². The summed E-state index contributed by atoms with van der Waals surface area (Å²) in [6, 6.07) is 21.1. The maximum Gasteiger partial charge on any atom is 0.344 e. The van der Waals surface area contributed by atoms with Gasteiger partial charge in [0.1, 0.15) is 5.75 Å². The Hall–Kier alpha value is -3.40. The third kappa shape index (κ3) is 9.88. The first-order valence-corrected chi connectivity index (χ1v) is 15.7. The molecule has 0 aliphatic rings. The Kier molecular flexibility index (Phi) is 14.2. The molecule has 0 bridgehead atoms. The van der Waals surface area contributed by atoms with E-state index in [1.165, 1.54) is 58.5 Å². The minimum Gasteiger partial charge on any atom is -0.465 e. The quantitative estimate of drug-likeness (QED) is 0.0888. The molecular weight excluding hydrogens is 508 g/mol. The van der Waals surface area contributed by atoms with Crippen LogP contribution >= 0.6 is 0 Å². The number of methoxy groups -OCH3 is 1. The van der Waals surface area contributed by atoms with E-state index < -0.39 is 11.9 Å². The van der Waals surface area contributed by atoms with E-state index in [4.69, 9.17) is 9.47 Å². The van der Waals surface area contributed by atoms with Crippen LogP contribution in [0.5, 0.6) is 5.75 Å². The zero-order chi connectivity index (χ0) is 29.3. The zero-order valence-corrected chi connectivity index (χ0v) is 25.4. The molecule has 0 radical (unpaired) electrons. The first-order valence-electron chi connectivity index (χ1n) is 15.7. The van der Waals surface area contributed by atoms with Gasteiger partial charge in [-0.05, 0) is 66.1 Å². The highest BCUT2D eigenvalue weighted by Crippen LogP contribution is 2.35. The van der Waals surface area contributed by atoms with Gasteiger partial charge >= 0.3 is 11.9 Å². The molecule has 3 aromatic carbocycles. The van der Waals surface area contributed by atoms with Gasteiger partial charge in [0.15, 0.2) is 0 Å². The van der Waals surface area contributed by atoms with Crippen LogP contribution in [0.3, 0.4) is 0 Å². The van der Waals surface area contributed by atoms with Crippen LogP contribution in [0, 0.1) is 0 Å². The van der Waals surface area contributed by atoms with E-state index in [0.717, 1.165) is 60.8 Å². The maximum absolute atomic E-state index is 13.9. The summed E-state index contributed by atoms with van der Waals surface area (Å²) in [5.41, 5.74) is 4.79. The Morgan fingerprint density at radius 1 is 0.610 bits per heavy atom. The topological polar surface area (TPSA) is 52.6 Å². The lowest BCUT2D eigenvalue weighted by Crippen LogP contribution is -2.20. The van der Waals surface area contributed by atoms with E-state index in [9.17, 15) is 9.59 Å². The summed E-state index contributed by atoms with van der Waals surface area (Å²) in [4.78, 5) is 27.1. The predicted octanol–water partition coefficient (Wildman–Crippen LogP) is 10.2. The van der Waals surface area contributed by atoms with Crippen LogP contribution in [0.4, 0.5) is 0 Å². The number of benzene rings is 3. The molecule has 0 amide bonds. The van der Waals surface area contributed by atoms with E-state index in [1.54, 1.807) is 12.1 Å². The smallest absolute Gasteiger partial charge is 0.344 e. The normalized spacial score (nSPS) is 10.9. The van der Waals surface area contributed by atoms with Crippen LogP contribution in [0.1, 0.15) is 123 Å². The van der Waals surface area contributed by atoms with Crippen LogP contribution in [0.25, 0.3) is 11.1 Å². The van der Waals surface area contributed by atoms with E-state index in [-0.39, 0.29) is 5.56 Å². The van der Waals surface area contributed by atoms with Gasteiger partial charge in [0, 0.05) is 0 Å². The highest BCUT2D eigenvalue weighted by molar-refractivity contribution is 6.06. The van der Waals surface area contributed by atoms with E-state index in [2.05, 4.69) is 26.0 Å².